The lowest BCUT2D eigenvalue weighted by Crippen LogP contribution is -2.21. The molecular weight excluding hydrogens is 206 g/mol. The highest BCUT2D eigenvalue weighted by Gasteiger charge is 2.12. The van der Waals surface area contributed by atoms with Crippen LogP contribution in [0.15, 0.2) is 12.4 Å². The fourth-order valence-electron chi connectivity index (χ4n) is 1.20. The highest BCUT2D eigenvalue weighted by atomic mass is 32.2. The molecule has 3 nitrogen and oxygen atoms in total. The van der Waals surface area contributed by atoms with Crippen LogP contribution in [-0.4, -0.2) is 26.3 Å². The predicted molar refractivity (Wildman–Crippen MR) is 68.5 cm³/mol. The molecule has 1 rings (SSSR count). The van der Waals surface area contributed by atoms with Gasteiger partial charge in [-0.1, -0.05) is 20.8 Å². The molecule has 0 aromatic carbocycles. The maximum absolute atomic E-state index is 4.13. The maximum Gasteiger partial charge on any atom is 0.0728 e. The van der Waals surface area contributed by atoms with Crippen molar-refractivity contribution in [2.24, 2.45) is 7.05 Å². The summed E-state index contributed by atoms with van der Waals surface area (Å²) in [6.45, 7) is 8.93. The van der Waals surface area contributed by atoms with Gasteiger partial charge < -0.3 is 5.32 Å². The van der Waals surface area contributed by atoms with Crippen LogP contribution in [0.3, 0.4) is 0 Å². The Balaban J connectivity index is 2.33. The highest BCUT2D eigenvalue weighted by molar-refractivity contribution is 8.00. The second-order valence-electron chi connectivity index (χ2n) is 4.87. The molecule has 0 saturated heterocycles. The van der Waals surface area contributed by atoms with Gasteiger partial charge in [0.2, 0.25) is 0 Å². The first kappa shape index (κ1) is 12.4. The Bertz CT molecular complexity index is 301. The minimum Gasteiger partial charge on any atom is -0.379 e. The number of hydrogen-bond acceptors (Lipinski definition) is 3. The van der Waals surface area contributed by atoms with Crippen LogP contribution in [0.25, 0.3) is 0 Å². The van der Waals surface area contributed by atoms with E-state index in [1.807, 2.05) is 35.9 Å². The minimum absolute atomic E-state index is 0.338. The summed E-state index contributed by atoms with van der Waals surface area (Å²) >= 11 is 1.98. The Morgan fingerprint density at radius 1 is 1.53 bits per heavy atom. The molecule has 1 atom stereocenters. The van der Waals surface area contributed by atoms with Crippen molar-refractivity contribution in [3.8, 4) is 0 Å². The molecular formula is C11H21N3S. The van der Waals surface area contributed by atoms with E-state index in [0.29, 0.717) is 10.8 Å². The van der Waals surface area contributed by atoms with Crippen LogP contribution >= 0.6 is 11.8 Å². The first-order valence-electron chi connectivity index (χ1n) is 5.26. The van der Waals surface area contributed by atoms with E-state index >= 15 is 0 Å². The van der Waals surface area contributed by atoms with Crippen LogP contribution in [0, 0.1) is 0 Å². The normalized spacial score (nSPS) is 13.9. The largest absolute Gasteiger partial charge is 0.379 e. The van der Waals surface area contributed by atoms with Gasteiger partial charge >= 0.3 is 0 Å². The van der Waals surface area contributed by atoms with Gasteiger partial charge in [-0.3, -0.25) is 4.68 Å². The first-order valence-corrected chi connectivity index (χ1v) is 6.24. The summed E-state index contributed by atoms with van der Waals surface area (Å²) in [4.78, 5) is 0. The third-order valence-corrected chi connectivity index (χ3v) is 3.42. The van der Waals surface area contributed by atoms with Gasteiger partial charge in [0.05, 0.1) is 11.9 Å². The molecule has 0 saturated carbocycles. The third kappa shape index (κ3) is 5.11. The van der Waals surface area contributed by atoms with Crippen molar-refractivity contribution >= 4 is 17.4 Å². The summed E-state index contributed by atoms with van der Waals surface area (Å²) < 4.78 is 2.15. The van der Waals surface area contributed by atoms with Crippen LogP contribution in [0.5, 0.6) is 0 Å². The highest BCUT2D eigenvalue weighted by Crippen LogP contribution is 2.24. The molecule has 15 heavy (non-hydrogen) atoms. The molecule has 0 aliphatic rings. The Morgan fingerprint density at radius 3 is 2.67 bits per heavy atom. The summed E-state index contributed by atoms with van der Waals surface area (Å²) in [6.07, 6.45) is 3.86. The van der Waals surface area contributed by atoms with Crippen molar-refractivity contribution in [3.63, 3.8) is 0 Å². The Kier molecular flexibility index (Phi) is 4.08. The zero-order valence-electron chi connectivity index (χ0n) is 10.2. The van der Waals surface area contributed by atoms with Gasteiger partial charge in [-0.15, -0.1) is 0 Å². The average Bonchev–Trinajstić information content (AvgIpc) is 2.47. The van der Waals surface area contributed by atoms with E-state index in [4.69, 9.17) is 0 Å². The van der Waals surface area contributed by atoms with Crippen LogP contribution < -0.4 is 5.32 Å². The first-order chi connectivity index (χ1) is 6.87. The van der Waals surface area contributed by atoms with Crippen LogP contribution in [-0.2, 0) is 7.05 Å². The molecule has 0 aliphatic carbocycles. The topological polar surface area (TPSA) is 29.9 Å². The maximum atomic E-state index is 4.13. The number of nitrogens with one attached hydrogen (secondary N) is 1. The van der Waals surface area contributed by atoms with Crippen molar-refractivity contribution in [2.75, 3.05) is 11.1 Å². The molecule has 0 fully saturated rings. The van der Waals surface area contributed by atoms with Gasteiger partial charge in [0.15, 0.2) is 0 Å². The van der Waals surface area contributed by atoms with Gasteiger partial charge in [0, 0.05) is 29.8 Å². The standard InChI is InChI=1S/C11H21N3S/c1-9(8-15-11(2,3)4)13-10-6-12-14(5)7-10/h6-7,9,13H,8H2,1-5H3/t9-/m1/s1. The van der Waals surface area contributed by atoms with Crippen LogP contribution in [0.4, 0.5) is 5.69 Å². The second kappa shape index (κ2) is 4.92. The van der Waals surface area contributed by atoms with Crippen molar-refractivity contribution < 1.29 is 0 Å². The predicted octanol–water partition coefficient (Wildman–Crippen LogP) is 2.75. The Morgan fingerprint density at radius 2 is 2.20 bits per heavy atom. The van der Waals surface area contributed by atoms with E-state index in [0.717, 1.165) is 11.4 Å². The van der Waals surface area contributed by atoms with Crippen molar-refractivity contribution in [1.29, 1.82) is 0 Å². The molecule has 1 heterocycles. The van der Waals surface area contributed by atoms with Gasteiger partial charge in [0.25, 0.3) is 0 Å². The number of thioether (sulfide) groups is 1. The molecule has 0 amide bonds. The van der Waals surface area contributed by atoms with E-state index < -0.39 is 0 Å². The molecule has 4 heteroatoms. The van der Waals surface area contributed by atoms with E-state index in [2.05, 4.69) is 38.1 Å². The molecule has 1 aromatic heterocycles. The summed E-state index contributed by atoms with van der Waals surface area (Å²) in [5, 5.41) is 7.56. The van der Waals surface area contributed by atoms with Gasteiger partial charge in [0.1, 0.15) is 0 Å². The van der Waals surface area contributed by atoms with E-state index in [1.165, 1.54) is 0 Å². The van der Waals surface area contributed by atoms with Gasteiger partial charge in [-0.05, 0) is 6.92 Å². The Labute approximate surface area is 96.6 Å². The zero-order chi connectivity index (χ0) is 11.5. The van der Waals surface area contributed by atoms with E-state index in [-0.39, 0.29) is 0 Å². The number of hydrogen-bond donors (Lipinski definition) is 1. The molecule has 0 radical (unpaired) electrons. The number of aryl methyl sites for hydroxylation is 1. The van der Waals surface area contributed by atoms with E-state index in [1.54, 1.807) is 0 Å². The van der Waals surface area contributed by atoms with Gasteiger partial charge in [-0.25, -0.2) is 0 Å². The quantitative estimate of drug-likeness (QED) is 0.858. The Hall–Kier alpha value is -0.640. The third-order valence-electron chi connectivity index (χ3n) is 1.88. The van der Waals surface area contributed by atoms with Crippen LogP contribution in [0.2, 0.25) is 0 Å². The van der Waals surface area contributed by atoms with Crippen molar-refractivity contribution in [1.82, 2.24) is 9.78 Å². The zero-order valence-corrected chi connectivity index (χ0v) is 11.1. The number of nitrogens with zero attached hydrogens (tertiary/aromatic N) is 2. The van der Waals surface area contributed by atoms with Gasteiger partial charge in [-0.2, -0.15) is 16.9 Å². The van der Waals surface area contributed by atoms with Crippen LogP contribution in [0.1, 0.15) is 27.7 Å². The summed E-state index contributed by atoms with van der Waals surface area (Å²) in [5.74, 6) is 1.11. The number of anilines is 1. The lowest BCUT2D eigenvalue weighted by molar-refractivity contribution is 0.767. The fourth-order valence-corrected chi connectivity index (χ4v) is 2.03. The molecule has 0 unspecified atom stereocenters. The molecule has 1 N–H and O–H groups in total. The molecule has 86 valence electrons. The van der Waals surface area contributed by atoms with Crippen molar-refractivity contribution in [3.05, 3.63) is 12.4 Å². The molecule has 0 bridgehead atoms. The van der Waals surface area contributed by atoms with E-state index in [9.17, 15) is 0 Å². The lowest BCUT2D eigenvalue weighted by atomic mass is 10.3. The fraction of sp³-hybridized carbons (Fsp3) is 0.727. The molecule has 0 aliphatic heterocycles. The molecule has 0 spiro atoms. The second-order valence-corrected chi connectivity index (χ2v) is 6.72. The van der Waals surface area contributed by atoms with Crippen molar-refractivity contribution in [2.45, 2.75) is 38.5 Å². The minimum atomic E-state index is 0.338. The molecule has 1 aromatic rings. The SMILES string of the molecule is C[C@H](CSC(C)(C)C)Nc1cnn(C)c1. The summed E-state index contributed by atoms with van der Waals surface area (Å²) in [6, 6.07) is 0.471. The smallest absolute Gasteiger partial charge is 0.0728 e. The number of rotatable bonds is 4. The summed E-state index contributed by atoms with van der Waals surface area (Å²) in [5.41, 5.74) is 1.10. The lowest BCUT2D eigenvalue weighted by Gasteiger charge is -2.21. The summed E-state index contributed by atoms with van der Waals surface area (Å²) in [7, 11) is 1.93. The number of aromatic nitrogens is 2. The average molecular weight is 227 g/mol. The monoisotopic (exact) mass is 227 g/mol.